The zero-order chi connectivity index (χ0) is 29.4. The first-order valence-electron chi connectivity index (χ1n) is 16.9. The highest BCUT2D eigenvalue weighted by Gasteiger charge is 2.46. The van der Waals surface area contributed by atoms with Crippen molar-refractivity contribution in [1.82, 2.24) is 4.57 Å². The summed E-state index contributed by atoms with van der Waals surface area (Å²) in [5.74, 6) is 0.591. The van der Waals surface area contributed by atoms with E-state index in [0.29, 0.717) is 5.92 Å². The van der Waals surface area contributed by atoms with Gasteiger partial charge in [0.05, 0.1) is 11.0 Å². The van der Waals surface area contributed by atoms with Crippen LogP contribution in [-0.2, 0) is 0 Å². The highest BCUT2D eigenvalue weighted by atomic mass is 15.0. The minimum atomic E-state index is 0.165. The number of fused-ring (bicyclic) bond motifs is 5. The van der Waals surface area contributed by atoms with Gasteiger partial charge in [0, 0.05) is 16.5 Å². The van der Waals surface area contributed by atoms with Gasteiger partial charge in [-0.2, -0.15) is 0 Å². The molecule has 1 aromatic heterocycles. The van der Waals surface area contributed by atoms with Crippen LogP contribution >= 0.6 is 0 Å². The van der Waals surface area contributed by atoms with E-state index in [1.807, 2.05) is 0 Å². The fourth-order valence-corrected chi connectivity index (χ4v) is 9.20. The Morgan fingerprint density at radius 3 is 2.11 bits per heavy atom. The van der Waals surface area contributed by atoms with Crippen LogP contribution in [0.25, 0.3) is 27.5 Å². The van der Waals surface area contributed by atoms with E-state index in [4.69, 9.17) is 0 Å². The van der Waals surface area contributed by atoms with Gasteiger partial charge in [0.2, 0.25) is 0 Å². The van der Waals surface area contributed by atoms with Crippen LogP contribution < -0.4 is 0 Å². The maximum atomic E-state index is 2.62. The second-order valence-electron chi connectivity index (χ2n) is 14.2. The summed E-state index contributed by atoms with van der Waals surface area (Å²) in [5, 5.41) is 2.69. The molecular formula is C43H41N. The van der Waals surface area contributed by atoms with E-state index in [1.165, 1.54) is 71.6 Å². The number of benzene rings is 2. The Bertz CT molecular complexity index is 1990. The first kappa shape index (κ1) is 26.3. The zero-order valence-electron chi connectivity index (χ0n) is 26.1. The Labute approximate surface area is 261 Å². The van der Waals surface area contributed by atoms with Gasteiger partial charge in [-0.25, -0.2) is 0 Å². The molecule has 6 aliphatic carbocycles. The zero-order valence-corrected chi connectivity index (χ0v) is 26.1. The van der Waals surface area contributed by atoms with Gasteiger partial charge in [-0.1, -0.05) is 92.8 Å². The second kappa shape index (κ2) is 9.96. The number of nitrogens with zero attached hydrogens (tertiary/aromatic N) is 1. The van der Waals surface area contributed by atoms with Crippen molar-refractivity contribution in [2.45, 2.75) is 71.6 Å². The van der Waals surface area contributed by atoms with Crippen molar-refractivity contribution in [3.63, 3.8) is 0 Å². The van der Waals surface area contributed by atoms with Crippen LogP contribution in [0.4, 0.5) is 0 Å². The molecule has 1 heterocycles. The molecule has 0 bridgehead atoms. The largest absolute Gasteiger partial charge is 0.313 e. The van der Waals surface area contributed by atoms with Crippen LogP contribution in [0.1, 0.15) is 71.6 Å². The Balaban J connectivity index is 1.03. The van der Waals surface area contributed by atoms with Gasteiger partial charge < -0.3 is 4.57 Å². The number of allylic oxidation sites excluding steroid dienone is 18. The Kier molecular flexibility index (Phi) is 5.96. The third-order valence-electron chi connectivity index (χ3n) is 11.6. The van der Waals surface area contributed by atoms with Gasteiger partial charge in [0.15, 0.2) is 0 Å². The Hall–Kier alpha value is -4.10. The molecule has 9 rings (SSSR count). The van der Waals surface area contributed by atoms with Gasteiger partial charge in [0.1, 0.15) is 0 Å². The predicted octanol–water partition coefficient (Wildman–Crippen LogP) is 11.7. The van der Waals surface area contributed by atoms with Gasteiger partial charge in [-0.15, -0.1) is 0 Å². The molecule has 0 amide bonds. The molecule has 6 aliphatic rings. The lowest BCUT2D eigenvalue weighted by Crippen LogP contribution is -2.24. The van der Waals surface area contributed by atoms with Gasteiger partial charge in [-0.05, 0) is 137 Å². The van der Waals surface area contributed by atoms with Crippen molar-refractivity contribution in [3.05, 3.63) is 147 Å². The lowest BCUT2D eigenvalue weighted by molar-refractivity contribution is 0.331. The molecule has 0 saturated carbocycles. The molecule has 0 unspecified atom stereocenters. The summed E-state index contributed by atoms with van der Waals surface area (Å²) in [6, 6.07) is 17.7. The second-order valence-corrected chi connectivity index (χ2v) is 14.2. The van der Waals surface area contributed by atoms with Crippen molar-refractivity contribution in [1.29, 1.82) is 0 Å². The molecule has 0 aliphatic heterocycles. The Morgan fingerprint density at radius 1 is 0.636 bits per heavy atom. The minimum Gasteiger partial charge on any atom is -0.313 e. The molecule has 0 N–H and O–H groups in total. The topological polar surface area (TPSA) is 4.93 Å². The molecule has 0 spiro atoms. The van der Waals surface area contributed by atoms with Crippen LogP contribution in [0.3, 0.4) is 0 Å². The summed E-state index contributed by atoms with van der Waals surface area (Å²) in [4.78, 5) is 0. The molecule has 1 heteroatoms. The third-order valence-corrected chi connectivity index (χ3v) is 11.6. The maximum Gasteiger partial charge on any atom is 0.0537 e. The SMILES string of the molecule is CC1(C)C2=C(CCC(C3=CC=C(n4c5ccccc5c5ccccc54)CC3)=C2)C2=CC=C(C3=CC4=C(C=CCC4)CC3)C[C@@H]21. The molecule has 1 nitrogen and oxygen atoms in total. The summed E-state index contributed by atoms with van der Waals surface area (Å²) in [6.45, 7) is 5.04. The summed E-state index contributed by atoms with van der Waals surface area (Å²) in [5.41, 5.74) is 18.6. The van der Waals surface area contributed by atoms with Gasteiger partial charge in [0.25, 0.3) is 0 Å². The van der Waals surface area contributed by atoms with Crippen molar-refractivity contribution >= 4 is 27.5 Å². The fourth-order valence-electron chi connectivity index (χ4n) is 9.20. The first-order valence-corrected chi connectivity index (χ1v) is 16.9. The fraction of sp³-hybridized carbons (Fsp3) is 0.302. The molecular weight excluding hydrogens is 530 g/mol. The van der Waals surface area contributed by atoms with E-state index in [2.05, 4.69) is 116 Å². The number of para-hydroxylation sites is 2. The quantitative estimate of drug-likeness (QED) is 0.295. The van der Waals surface area contributed by atoms with E-state index in [9.17, 15) is 0 Å². The third kappa shape index (κ3) is 3.98. The smallest absolute Gasteiger partial charge is 0.0537 e. The maximum absolute atomic E-state index is 2.62. The molecule has 2 aromatic carbocycles. The summed E-state index contributed by atoms with van der Waals surface area (Å²) in [6.07, 6.45) is 30.3. The summed E-state index contributed by atoms with van der Waals surface area (Å²) >= 11 is 0. The first-order chi connectivity index (χ1) is 21.6. The summed E-state index contributed by atoms with van der Waals surface area (Å²) < 4.78 is 2.50. The van der Waals surface area contributed by atoms with Crippen LogP contribution in [0, 0.1) is 11.3 Å². The molecule has 218 valence electrons. The van der Waals surface area contributed by atoms with Gasteiger partial charge in [-0.3, -0.25) is 0 Å². The minimum absolute atomic E-state index is 0.165. The van der Waals surface area contributed by atoms with E-state index >= 15 is 0 Å². The molecule has 0 radical (unpaired) electrons. The average Bonchev–Trinajstić information content (AvgIpc) is 3.53. The molecule has 0 saturated heterocycles. The Morgan fingerprint density at radius 2 is 1.34 bits per heavy atom. The van der Waals surface area contributed by atoms with E-state index < -0.39 is 0 Å². The lowest BCUT2D eigenvalue weighted by Gasteiger charge is -2.34. The molecule has 44 heavy (non-hydrogen) atoms. The normalized spacial score (nSPS) is 24.3. The molecule has 0 fully saturated rings. The van der Waals surface area contributed by atoms with Gasteiger partial charge >= 0.3 is 0 Å². The van der Waals surface area contributed by atoms with Crippen molar-refractivity contribution in [2.24, 2.45) is 11.3 Å². The van der Waals surface area contributed by atoms with E-state index in [-0.39, 0.29) is 5.41 Å². The van der Waals surface area contributed by atoms with E-state index in [1.54, 1.807) is 44.6 Å². The number of hydrogen-bond acceptors (Lipinski definition) is 0. The van der Waals surface area contributed by atoms with Crippen LogP contribution in [0.2, 0.25) is 0 Å². The number of rotatable bonds is 3. The predicted molar refractivity (Wildman–Crippen MR) is 186 cm³/mol. The molecule has 1 atom stereocenters. The van der Waals surface area contributed by atoms with Crippen LogP contribution in [-0.4, -0.2) is 4.57 Å². The van der Waals surface area contributed by atoms with Crippen LogP contribution in [0.5, 0.6) is 0 Å². The number of hydrogen-bond donors (Lipinski definition) is 0. The van der Waals surface area contributed by atoms with Crippen molar-refractivity contribution in [2.75, 3.05) is 0 Å². The number of aromatic nitrogens is 1. The lowest BCUT2D eigenvalue weighted by atomic mass is 9.69. The van der Waals surface area contributed by atoms with Crippen molar-refractivity contribution in [3.8, 4) is 0 Å². The highest BCUT2D eigenvalue weighted by Crippen LogP contribution is 2.58. The monoisotopic (exact) mass is 571 g/mol. The molecule has 3 aromatic rings. The standard InChI is InChI=1S/C43H41N/c1-43(2)39-26-32(29-17-21-34(22-18-29)44-41-13-7-5-11-37(41)38-12-6-8-14-42(38)44)19-23-35(39)36-24-20-33(27-40(36)43)31-16-15-28-9-3-4-10-30(28)25-31/h3,5-9,11-14,17,20-21,24-26,40H,4,10,15-16,18-19,22-23,27H2,1-2H3/t40-/m0/s1. The van der Waals surface area contributed by atoms with Crippen LogP contribution in [0.15, 0.2) is 147 Å². The van der Waals surface area contributed by atoms with E-state index in [0.717, 1.165) is 19.3 Å². The average molecular weight is 572 g/mol. The highest BCUT2D eigenvalue weighted by molar-refractivity contribution is 6.10. The summed E-state index contributed by atoms with van der Waals surface area (Å²) in [7, 11) is 0. The van der Waals surface area contributed by atoms with Crippen molar-refractivity contribution < 1.29 is 0 Å².